The molecule has 0 atom stereocenters. The van der Waals surface area contributed by atoms with Gasteiger partial charge < -0.3 is 9.13 Å². The van der Waals surface area contributed by atoms with Gasteiger partial charge in [0.25, 0.3) is 0 Å². The zero-order chi connectivity index (χ0) is 28.4. The summed E-state index contributed by atoms with van der Waals surface area (Å²) in [5.74, 6) is 0. The number of hydrogen-bond donors (Lipinski definition) is 0. The number of para-hydroxylation sites is 2. The molecule has 4 nitrogen and oxygen atoms in total. The Morgan fingerprint density at radius 1 is 0.548 bits per heavy atom. The zero-order valence-electron chi connectivity index (χ0n) is 23.3. The van der Waals surface area contributed by atoms with Crippen molar-refractivity contribution in [3.05, 3.63) is 138 Å². The van der Waals surface area contributed by atoms with Gasteiger partial charge >= 0.3 is 0 Å². The van der Waals surface area contributed by atoms with E-state index < -0.39 is 0 Å². The highest BCUT2D eigenvalue weighted by Gasteiger charge is 2.20. The maximum atomic E-state index is 9.97. The maximum absolute atomic E-state index is 9.97. The molecule has 4 heteroatoms. The van der Waals surface area contributed by atoms with Crippen LogP contribution in [0.3, 0.4) is 0 Å². The van der Waals surface area contributed by atoms with Crippen LogP contribution in [0.4, 0.5) is 0 Å². The second-order valence-corrected chi connectivity index (χ2v) is 11.0. The van der Waals surface area contributed by atoms with Crippen LogP contribution in [0.25, 0.3) is 66.1 Å². The lowest BCUT2D eigenvalue weighted by Gasteiger charge is -2.18. The molecule has 5 aromatic carbocycles. The third-order valence-electron chi connectivity index (χ3n) is 8.35. The van der Waals surface area contributed by atoms with Gasteiger partial charge in [0, 0.05) is 45.1 Å². The molecular formula is C38H26N4. The zero-order valence-corrected chi connectivity index (χ0v) is 23.3. The van der Waals surface area contributed by atoms with Gasteiger partial charge in [-0.25, -0.2) is 0 Å². The first-order chi connectivity index (χ1) is 20.6. The molecule has 0 aliphatic heterocycles. The predicted molar refractivity (Wildman–Crippen MR) is 173 cm³/mol. The summed E-state index contributed by atoms with van der Waals surface area (Å²) in [6.45, 7) is 4.27. The van der Waals surface area contributed by atoms with Crippen LogP contribution < -0.4 is 0 Å². The van der Waals surface area contributed by atoms with Gasteiger partial charge in [-0.1, -0.05) is 65.7 Å². The minimum atomic E-state index is 0.615. The predicted octanol–water partition coefficient (Wildman–Crippen LogP) is 9.43. The Kier molecular flexibility index (Phi) is 5.29. The summed E-state index contributed by atoms with van der Waals surface area (Å²) in [6.07, 6.45) is 3.81. The minimum absolute atomic E-state index is 0.615. The van der Waals surface area contributed by atoms with E-state index in [9.17, 15) is 5.26 Å². The number of nitrogens with zero attached hydrogens (tertiary/aromatic N) is 4. The SMILES string of the molecule is Cc1ccc2c(c1)c1ccccc1n2-c1ccncc1-c1ccc(C#N)cc1-n1c2ccccc2c2cc(C)ccc21. The Labute approximate surface area is 243 Å². The molecule has 0 spiro atoms. The van der Waals surface area contributed by atoms with Gasteiger partial charge in [-0.05, 0) is 68.4 Å². The molecule has 3 heterocycles. The maximum Gasteiger partial charge on any atom is 0.0992 e. The van der Waals surface area contributed by atoms with Crippen molar-refractivity contribution in [3.63, 3.8) is 0 Å². The van der Waals surface area contributed by atoms with E-state index in [2.05, 4.69) is 131 Å². The van der Waals surface area contributed by atoms with E-state index in [1.807, 2.05) is 24.5 Å². The first-order valence-electron chi connectivity index (χ1n) is 14.1. The van der Waals surface area contributed by atoms with Crippen molar-refractivity contribution in [1.82, 2.24) is 14.1 Å². The first kappa shape index (κ1) is 24.2. The molecule has 0 unspecified atom stereocenters. The highest BCUT2D eigenvalue weighted by atomic mass is 15.0. The Balaban J connectivity index is 1.49. The normalized spacial score (nSPS) is 11.5. The van der Waals surface area contributed by atoms with Crippen molar-refractivity contribution in [3.8, 4) is 28.6 Å². The van der Waals surface area contributed by atoms with E-state index >= 15 is 0 Å². The lowest BCUT2D eigenvalue weighted by Crippen LogP contribution is -2.02. The van der Waals surface area contributed by atoms with Crippen LogP contribution in [0.15, 0.2) is 122 Å². The number of hydrogen-bond acceptors (Lipinski definition) is 2. The first-order valence-corrected chi connectivity index (χ1v) is 14.1. The summed E-state index contributed by atoms with van der Waals surface area (Å²) in [5, 5.41) is 14.8. The molecule has 0 aliphatic carbocycles. The van der Waals surface area contributed by atoms with E-state index in [1.54, 1.807) is 0 Å². The van der Waals surface area contributed by atoms with Crippen LogP contribution in [0, 0.1) is 25.2 Å². The Hall–Kier alpha value is -5.66. The fourth-order valence-corrected chi connectivity index (χ4v) is 6.50. The van der Waals surface area contributed by atoms with Gasteiger partial charge in [-0.2, -0.15) is 5.26 Å². The van der Waals surface area contributed by atoms with Gasteiger partial charge in [0.1, 0.15) is 0 Å². The van der Waals surface area contributed by atoms with Crippen molar-refractivity contribution in [2.45, 2.75) is 13.8 Å². The highest BCUT2D eigenvalue weighted by molar-refractivity contribution is 6.11. The summed E-state index contributed by atoms with van der Waals surface area (Å²) < 4.78 is 4.64. The van der Waals surface area contributed by atoms with Gasteiger partial charge in [0.05, 0.1) is 45.1 Å². The van der Waals surface area contributed by atoms with Crippen molar-refractivity contribution < 1.29 is 0 Å². The van der Waals surface area contributed by atoms with Crippen LogP contribution in [0.2, 0.25) is 0 Å². The van der Waals surface area contributed by atoms with Crippen LogP contribution >= 0.6 is 0 Å². The van der Waals surface area contributed by atoms with Crippen LogP contribution in [-0.4, -0.2) is 14.1 Å². The third-order valence-corrected chi connectivity index (χ3v) is 8.35. The number of fused-ring (bicyclic) bond motifs is 6. The standard InChI is InChI=1S/C38H26N4/c1-24-11-15-35-30(19-24)27-7-3-5-9-33(27)41(35)37-17-18-40-23-32(37)29-14-13-26(22-39)21-38(29)42-34-10-6-4-8-28(34)31-20-25(2)12-16-36(31)42/h3-21,23H,1-2H3. The molecule has 0 amide bonds. The number of pyridine rings is 1. The van der Waals surface area contributed by atoms with Crippen molar-refractivity contribution >= 4 is 43.6 Å². The van der Waals surface area contributed by atoms with Crippen LogP contribution in [0.5, 0.6) is 0 Å². The molecule has 0 fully saturated rings. The highest BCUT2D eigenvalue weighted by Crippen LogP contribution is 2.40. The molecule has 42 heavy (non-hydrogen) atoms. The third kappa shape index (κ3) is 3.51. The average Bonchev–Trinajstić information content (AvgIpc) is 3.53. The van der Waals surface area contributed by atoms with Crippen LogP contribution in [0.1, 0.15) is 16.7 Å². The monoisotopic (exact) mass is 538 g/mol. The quantitative estimate of drug-likeness (QED) is 0.225. The van der Waals surface area contributed by atoms with E-state index in [4.69, 9.17) is 0 Å². The number of aromatic nitrogens is 3. The average molecular weight is 539 g/mol. The van der Waals surface area contributed by atoms with E-state index in [1.165, 1.54) is 32.7 Å². The summed E-state index contributed by atoms with van der Waals surface area (Å²) in [4.78, 5) is 4.62. The molecule has 3 aromatic heterocycles. The number of rotatable bonds is 3. The molecule has 0 saturated carbocycles. The molecule has 8 aromatic rings. The summed E-state index contributed by atoms with van der Waals surface area (Å²) in [7, 11) is 0. The van der Waals surface area contributed by atoms with Gasteiger partial charge in [0.15, 0.2) is 0 Å². The lowest BCUT2D eigenvalue weighted by molar-refractivity contribution is 1.14. The van der Waals surface area contributed by atoms with Gasteiger partial charge in [-0.15, -0.1) is 0 Å². The van der Waals surface area contributed by atoms with E-state index in [-0.39, 0.29) is 0 Å². The molecule has 0 bridgehead atoms. The molecule has 198 valence electrons. The lowest BCUT2D eigenvalue weighted by atomic mass is 10.0. The topological polar surface area (TPSA) is 46.5 Å². The van der Waals surface area contributed by atoms with Crippen molar-refractivity contribution in [2.24, 2.45) is 0 Å². The summed E-state index contributed by atoms with van der Waals surface area (Å²) >= 11 is 0. The number of nitriles is 1. The minimum Gasteiger partial charge on any atom is -0.309 e. The van der Waals surface area contributed by atoms with Crippen molar-refractivity contribution in [2.75, 3.05) is 0 Å². The molecule has 0 aliphatic rings. The van der Waals surface area contributed by atoms with E-state index in [0.29, 0.717) is 5.56 Å². The Morgan fingerprint density at radius 3 is 1.74 bits per heavy atom. The Bertz CT molecular complexity index is 2400. The fraction of sp³-hybridized carbons (Fsp3) is 0.0526. The smallest absolute Gasteiger partial charge is 0.0992 e. The molecule has 8 rings (SSSR count). The van der Waals surface area contributed by atoms with Crippen LogP contribution in [-0.2, 0) is 0 Å². The fourth-order valence-electron chi connectivity index (χ4n) is 6.50. The molecule has 0 radical (unpaired) electrons. The summed E-state index contributed by atoms with van der Waals surface area (Å²) in [5.41, 5.74) is 11.6. The molecule has 0 N–H and O–H groups in total. The molecular weight excluding hydrogens is 512 g/mol. The van der Waals surface area contributed by atoms with E-state index in [0.717, 1.165) is 44.6 Å². The second kappa shape index (κ2) is 9.19. The van der Waals surface area contributed by atoms with Gasteiger partial charge in [-0.3, -0.25) is 4.98 Å². The number of aryl methyl sites for hydroxylation is 2. The Morgan fingerprint density at radius 2 is 1.12 bits per heavy atom. The number of benzene rings is 5. The summed E-state index contributed by atoms with van der Waals surface area (Å²) in [6, 6.07) is 40.8. The van der Waals surface area contributed by atoms with Crippen molar-refractivity contribution in [1.29, 1.82) is 5.26 Å². The van der Waals surface area contributed by atoms with Gasteiger partial charge in [0.2, 0.25) is 0 Å². The molecule has 0 saturated heterocycles. The largest absolute Gasteiger partial charge is 0.309 e. The second-order valence-electron chi connectivity index (χ2n) is 11.0.